The summed E-state index contributed by atoms with van der Waals surface area (Å²) in [4.78, 5) is 21.8. The van der Waals surface area contributed by atoms with Crippen LogP contribution in [0.2, 0.25) is 0 Å². The number of benzene rings is 3. The number of rotatable bonds is 12. The number of sulfone groups is 1. The second-order valence-electron chi connectivity index (χ2n) is 9.25. The molecule has 0 radical (unpaired) electrons. The summed E-state index contributed by atoms with van der Waals surface area (Å²) >= 11 is 0. The van der Waals surface area contributed by atoms with Crippen molar-refractivity contribution in [3.8, 4) is 0 Å². The SMILES string of the molecule is [2H]C(c1ccccc1)S(=O)(=O)[C@]1(COCc2ccccc2)OC(OC(C)=O)[C@H](OC(C)=O)[C@@H]1OCc1ccccc1. The molecule has 0 spiro atoms. The van der Waals surface area contributed by atoms with Crippen LogP contribution in [-0.2, 0) is 62.1 Å². The summed E-state index contributed by atoms with van der Waals surface area (Å²) in [5.74, 6) is -1.56. The average Bonchev–Trinajstić information content (AvgIpc) is 3.24. The molecule has 0 aliphatic carbocycles. The van der Waals surface area contributed by atoms with Crippen LogP contribution in [0.3, 0.4) is 0 Å². The van der Waals surface area contributed by atoms with Gasteiger partial charge in [-0.2, -0.15) is 0 Å². The van der Waals surface area contributed by atoms with E-state index in [0.29, 0.717) is 5.56 Å². The molecule has 5 atom stereocenters. The second-order valence-corrected chi connectivity index (χ2v) is 11.3. The quantitative estimate of drug-likeness (QED) is 0.299. The van der Waals surface area contributed by atoms with E-state index in [2.05, 4.69) is 0 Å². The van der Waals surface area contributed by atoms with Crippen molar-refractivity contribution in [1.82, 2.24) is 0 Å². The van der Waals surface area contributed by atoms with Crippen LogP contribution in [0.25, 0.3) is 0 Å². The molecule has 0 saturated carbocycles. The van der Waals surface area contributed by atoms with Gasteiger partial charge in [-0.3, -0.25) is 9.59 Å². The van der Waals surface area contributed by atoms with Gasteiger partial charge >= 0.3 is 11.9 Å². The third-order valence-electron chi connectivity index (χ3n) is 6.16. The van der Waals surface area contributed by atoms with Crippen molar-refractivity contribution in [3.05, 3.63) is 108 Å². The normalized spacial score (nSPS) is 23.6. The number of hydrogen-bond donors (Lipinski definition) is 0. The first-order valence-corrected chi connectivity index (χ1v) is 14.2. The zero-order valence-electron chi connectivity index (χ0n) is 23.2. The van der Waals surface area contributed by atoms with Gasteiger partial charge in [0.15, 0.2) is 15.9 Å². The molecule has 1 aliphatic heterocycles. The maximum Gasteiger partial charge on any atom is 0.305 e. The lowest BCUT2D eigenvalue weighted by Crippen LogP contribution is -2.55. The van der Waals surface area contributed by atoms with E-state index in [9.17, 15) is 18.0 Å². The third kappa shape index (κ3) is 7.14. The smallest absolute Gasteiger partial charge is 0.305 e. The van der Waals surface area contributed by atoms with Crippen LogP contribution < -0.4 is 0 Å². The Morgan fingerprint density at radius 3 is 1.82 bits per heavy atom. The summed E-state index contributed by atoms with van der Waals surface area (Å²) in [6.45, 7) is 1.56. The van der Waals surface area contributed by atoms with E-state index in [1.165, 1.54) is 12.1 Å². The lowest BCUT2D eigenvalue weighted by molar-refractivity contribution is -0.200. The van der Waals surface area contributed by atoms with Gasteiger partial charge in [-0.25, -0.2) is 8.42 Å². The minimum absolute atomic E-state index is 0.0113. The number of ether oxygens (including phenoxy) is 5. The Hall–Kier alpha value is -3.57. The Kier molecular flexibility index (Phi) is 9.22. The predicted molar refractivity (Wildman–Crippen MR) is 145 cm³/mol. The molecule has 9 nitrogen and oxygen atoms in total. The lowest BCUT2D eigenvalue weighted by atomic mass is 10.1. The van der Waals surface area contributed by atoms with E-state index < -0.39 is 57.5 Å². The van der Waals surface area contributed by atoms with E-state index in [4.69, 9.17) is 25.1 Å². The minimum Gasteiger partial charge on any atom is -0.453 e. The van der Waals surface area contributed by atoms with Crippen molar-refractivity contribution in [2.75, 3.05) is 6.61 Å². The van der Waals surface area contributed by atoms with E-state index in [1.807, 2.05) is 24.3 Å². The van der Waals surface area contributed by atoms with Gasteiger partial charge in [-0.05, 0) is 16.7 Å². The maximum atomic E-state index is 14.4. The molecule has 1 fully saturated rings. The van der Waals surface area contributed by atoms with Crippen molar-refractivity contribution in [2.24, 2.45) is 0 Å². The zero-order valence-corrected chi connectivity index (χ0v) is 23.0. The highest BCUT2D eigenvalue weighted by Crippen LogP contribution is 2.42. The third-order valence-corrected chi connectivity index (χ3v) is 8.15. The monoisotopic (exact) mass is 569 g/mol. The molecule has 0 bridgehead atoms. The molecule has 1 saturated heterocycles. The first-order chi connectivity index (χ1) is 19.6. The molecule has 1 aliphatic rings. The molecule has 0 aromatic heterocycles. The summed E-state index contributed by atoms with van der Waals surface area (Å²) in [6.07, 6.45) is -4.65. The Labute approximate surface area is 235 Å². The van der Waals surface area contributed by atoms with E-state index in [1.54, 1.807) is 54.6 Å². The predicted octanol–water partition coefficient (Wildman–Crippen LogP) is 3.95. The second kappa shape index (κ2) is 13.2. The van der Waals surface area contributed by atoms with Crippen LogP contribution in [0.5, 0.6) is 0 Å². The first kappa shape index (κ1) is 28.0. The van der Waals surface area contributed by atoms with Crippen LogP contribution in [0.1, 0.15) is 31.9 Å². The first-order valence-electron chi connectivity index (χ1n) is 13.2. The van der Waals surface area contributed by atoms with Crippen LogP contribution in [-0.4, -0.2) is 50.4 Å². The number of hydrogen-bond acceptors (Lipinski definition) is 9. The van der Waals surface area contributed by atoms with Crippen molar-refractivity contribution in [3.63, 3.8) is 0 Å². The van der Waals surface area contributed by atoms with E-state index in [-0.39, 0.29) is 18.8 Å². The molecule has 0 amide bonds. The Bertz CT molecular complexity index is 1400. The molecular weight excluding hydrogens is 536 g/mol. The van der Waals surface area contributed by atoms with Gasteiger partial charge in [-0.15, -0.1) is 0 Å². The molecule has 40 heavy (non-hydrogen) atoms. The molecule has 10 heteroatoms. The summed E-state index contributed by atoms with van der Waals surface area (Å²) in [6, 6.07) is 26.0. The molecule has 2 unspecified atom stereocenters. The lowest BCUT2D eigenvalue weighted by Gasteiger charge is -2.34. The van der Waals surface area contributed by atoms with Gasteiger partial charge in [0.25, 0.3) is 0 Å². The number of carbonyl (C=O) groups excluding carboxylic acids is 2. The summed E-state index contributed by atoms with van der Waals surface area (Å²) in [7, 11) is -4.69. The van der Waals surface area contributed by atoms with Gasteiger partial charge in [0.05, 0.1) is 25.5 Å². The van der Waals surface area contributed by atoms with Gasteiger partial charge in [-0.1, -0.05) is 91.0 Å². The van der Waals surface area contributed by atoms with Crippen LogP contribution in [0.4, 0.5) is 0 Å². The number of esters is 2. The van der Waals surface area contributed by atoms with Crippen LogP contribution >= 0.6 is 0 Å². The fourth-order valence-corrected chi connectivity index (χ4v) is 6.11. The van der Waals surface area contributed by atoms with Gasteiger partial charge in [0.1, 0.15) is 6.10 Å². The highest BCUT2D eigenvalue weighted by molar-refractivity contribution is 7.92. The van der Waals surface area contributed by atoms with Gasteiger partial charge < -0.3 is 23.7 Å². The Morgan fingerprint density at radius 2 is 1.30 bits per heavy atom. The summed E-state index contributed by atoms with van der Waals surface area (Å²) in [5, 5.41) is 0. The molecule has 0 N–H and O–H groups in total. The molecule has 1 heterocycles. The molecule has 212 valence electrons. The Morgan fingerprint density at radius 1 is 0.800 bits per heavy atom. The summed E-state index contributed by atoms with van der Waals surface area (Å²) in [5.41, 5.74) is -0.188. The van der Waals surface area contributed by atoms with Gasteiger partial charge in [0, 0.05) is 15.2 Å². The Balaban J connectivity index is 1.81. The van der Waals surface area contributed by atoms with E-state index in [0.717, 1.165) is 19.4 Å². The summed E-state index contributed by atoms with van der Waals surface area (Å²) < 4.78 is 66.6. The highest BCUT2D eigenvalue weighted by atomic mass is 32.2. The van der Waals surface area contributed by atoms with E-state index >= 15 is 0 Å². The van der Waals surface area contributed by atoms with Crippen molar-refractivity contribution in [2.45, 2.75) is 56.2 Å². The molecular formula is C30H32O9S. The molecule has 3 aromatic carbocycles. The fraction of sp³-hybridized carbons (Fsp3) is 0.333. The van der Waals surface area contributed by atoms with Gasteiger partial charge in [0.2, 0.25) is 11.2 Å². The average molecular weight is 570 g/mol. The number of carbonyl (C=O) groups is 2. The highest BCUT2D eigenvalue weighted by Gasteiger charge is 2.66. The fourth-order valence-electron chi connectivity index (χ4n) is 4.39. The maximum absolute atomic E-state index is 14.4. The zero-order chi connectivity index (χ0) is 29.5. The topological polar surface area (TPSA) is 114 Å². The standard InChI is InChI=1S/C30H32O9S/c1-22(31)37-27-28(36-19-25-14-8-4-9-15-25)30(39-29(27)38-23(2)32,21-35-18-24-12-6-3-7-13-24)40(33,34)20-26-16-10-5-11-17-26/h3-17,27-29H,18-21H2,1-2H3/t27-,28+,29?,30+/m1/s1/i20D/t20?,27-,28+,29?,30+. The van der Waals surface area contributed by atoms with Crippen LogP contribution in [0, 0.1) is 0 Å². The minimum atomic E-state index is -4.69. The van der Waals surface area contributed by atoms with Crippen LogP contribution in [0.15, 0.2) is 91.0 Å². The van der Waals surface area contributed by atoms with Crippen molar-refractivity contribution in [1.29, 1.82) is 0 Å². The van der Waals surface area contributed by atoms with Crippen molar-refractivity contribution < 1.29 is 43.1 Å². The van der Waals surface area contributed by atoms with Crippen molar-refractivity contribution >= 4 is 21.8 Å². The molecule has 3 aromatic rings. The molecule has 4 rings (SSSR count). The largest absolute Gasteiger partial charge is 0.453 e.